The van der Waals surface area contributed by atoms with Crippen LogP contribution in [0, 0.1) is 0 Å². The van der Waals surface area contributed by atoms with Gasteiger partial charge in [-0.3, -0.25) is 0 Å². The molecular weight excluding hydrogens is 448 g/mol. The predicted molar refractivity (Wildman–Crippen MR) is 124 cm³/mol. The van der Waals surface area contributed by atoms with Crippen LogP contribution in [0.4, 0.5) is 0 Å². The Morgan fingerprint density at radius 2 is 1.79 bits per heavy atom. The van der Waals surface area contributed by atoms with E-state index in [0.717, 1.165) is 16.9 Å². The zero-order valence-corrected chi connectivity index (χ0v) is 19.3. The second kappa shape index (κ2) is 11.9. The van der Waals surface area contributed by atoms with E-state index in [9.17, 15) is 20.4 Å². The highest BCUT2D eigenvalue weighted by Gasteiger charge is 2.44. The van der Waals surface area contributed by atoms with E-state index in [-0.39, 0.29) is 6.61 Å². The Bertz CT molecular complexity index is 916. The summed E-state index contributed by atoms with van der Waals surface area (Å²) in [6, 6.07) is 11.3. The van der Waals surface area contributed by atoms with E-state index < -0.39 is 37.1 Å². The van der Waals surface area contributed by atoms with Crippen molar-refractivity contribution in [1.29, 1.82) is 0 Å². The molecule has 2 aromatic carbocycles. The highest BCUT2D eigenvalue weighted by molar-refractivity contribution is 6.31. The first kappa shape index (κ1) is 25.6. The SMILES string of the molecule is C=CCOCc1cc(Cl)c(Cc2ccc(OCC)cc2)cc1C1OC(CO)C(O)C(O)C1O. The number of ether oxygens (including phenoxy) is 3. The van der Waals surface area contributed by atoms with Crippen molar-refractivity contribution in [2.45, 2.75) is 50.5 Å². The molecule has 0 radical (unpaired) electrons. The third-order valence-electron chi connectivity index (χ3n) is 5.63. The number of benzene rings is 2. The van der Waals surface area contributed by atoms with Crippen molar-refractivity contribution in [2.24, 2.45) is 0 Å². The standard InChI is InChI=1S/C25H31ClO7/c1-3-9-31-14-17-12-20(26)16(10-15-5-7-18(8-6-15)32-4-2)11-19(17)25-24(30)23(29)22(28)21(13-27)33-25/h3,5-8,11-12,21-25,27-30H,1,4,9-10,13-14H2,2H3. The van der Waals surface area contributed by atoms with Gasteiger partial charge in [-0.1, -0.05) is 35.9 Å². The van der Waals surface area contributed by atoms with Crippen molar-refractivity contribution in [2.75, 3.05) is 19.8 Å². The van der Waals surface area contributed by atoms with Gasteiger partial charge in [0.05, 0.1) is 26.4 Å². The molecule has 0 aliphatic carbocycles. The Morgan fingerprint density at radius 1 is 1.06 bits per heavy atom. The van der Waals surface area contributed by atoms with E-state index >= 15 is 0 Å². The molecule has 0 aromatic heterocycles. The Kier molecular flexibility index (Phi) is 9.28. The molecule has 1 aliphatic rings. The highest BCUT2D eigenvalue weighted by Crippen LogP contribution is 2.37. The third-order valence-corrected chi connectivity index (χ3v) is 5.98. The summed E-state index contributed by atoms with van der Waals surface area (Å²) in [5.74, 6) is 0.782. The maximum atomic E-state index is 10.7. The van der Waals surface area contributed by atoms with Crippen molar-refractivity contribution in [3.8, 4) is 5.75 Å². The molecule has 1 aliphatic heterocycles. The maximum absolute atomic E-state index is 10.7. The van der Waals surface area contributed by atoms with Crippen LogP contribution in [0.2, 0.25) is 5.02 Å². The number of halogens is 1. The van der Waals surface area contributed by atoms with Gasteiger partial charge in [-0.25, -0.2) is 0 Å². The van der Waals surface area contributed by atoms with E-state index in [1.807, 2.05) is 37.3 Å². The molecule has 8 heteroatoms. The van der Waals surface area contributed by atoms with Gasteiger partial charge >= 0.3 is 0 Å². The molecule has 0 spiro atoms. The summed E-state index contributed by atoms with van der Waals surface area (Å²) in [6.07, 6.45) is -4.18. The molecular formula is C25H31ClO7. The summed E-state index contributed by atoms with van der Waals surface area (Å²) in [5, 5.41) is 41.2. The van der Waals surface area contributed by atoms with Gasteiger partial charge in [-0.05, 0) is 53.8 Å². The van der Waals surface area contributed by atoms with Crippen LogP contribution in [0.15, 0.2) is 49.1 Å². The lowest BCUT2D eigenvalue weighted by atomic mass is 9.87. The molecule has 1 fully saturated rings. The minimum Gasteiger partial charge on any atom is -0.494 e. The third kappa shape index (κ3) is 6.13. The molecule has 7 nitrogen and oxygen atoms in total. The average molecular weight is 479 g/mol. The van der Waals surface area contributed by atoms with Crippen LogP contribution < -0.4 is 4.74 Å². The minimum absolute atomic E-state index is 0.180. The first-order chi connectivity index (χ1) is 15.9. The van der Waals surface area contributed by atoms with E-state index in [2.05, 4.69) is 6.58 Å². The van der Waals surface area contributed by atoms with Crippen LogP contribution in [-0.4, -0.2) is 64.7 Å². The quantitative estimate of drug-likeness (QED) is 0.307. The molecule has 1 heterocycles. The van der Waals surface area contributed by atoms with E-state index in [1.165, 1.54) is 0 Å². The summed E-state index contributed by atoms with van der Waals surface area (Å²) in [6.45, 7) is 6.15. The highest BCUT2D eigenvalue weighted by atomic mass is 35.5. The molecule has 0 bridgehead atoms. The summed E-state index contributed by atoms with van der Waals surface area (Å²) in [4.78, 5) is 0. The molecule has 1 saturated heterocycles. The number of hydrogen-bond donors (Lipinski definition) is 4. The number of aliphatic hydroxyl groups excluding tert-OH is 4. The van der Waals surface area contributed by atoms with Gasteiger partial charge in [0.15, 0.2) is 0 Å². The second-order valence-electron chi connectivity index (χ2n) is 7.95. The maximum Gasteiger partial charge on any atom is 0.119 e. The van der Waals surface area contributed by atoms with E-state index in [0.29, 0.717) is 35.8 Å². The van der Waals surface area contributed by atoms with Crippen molar-refractivity contribution < 1.29 is 34.6 Å². The molecule has 33 heavy (non-hydrogen) atoms. The Balaban J connectivity index is 1.96. The molecule has 4 N–H and O–H groups in total. The minimum atomic E-state index is -1.48. The molecule has 0 amide bonds. The van der Waals surface area contributed by atoms with Crippen LogP contribution in [0.3, 0.4) is 0 Å². The van der Waals surface area contributed by atoms with Crippen LogP contribution in [0.25, 0.3) is 0 Å². The Labute approximate surface area is 198 Å². The molecule has 5 atom stereocenters. The first-order valence-corrected chi connectivity index (χ1v) is 11.3. The molecule has 180 valence electrons. The first-order valence-electron chi connectivity index (χ1n) is 10.9. The zero-order chi connectivity index (χ0) is 24.0. The zero-order valence-electron chi connectivity index (χ0n) is 18.6. The molecule has 3 rings (SSSR count). The summed E-state index contributed by atoms with van der Waals surface area (Å²) >= 11 is 6.60. The van der Waals surface area contributed by atoms with E-state index in [1.54, 1.807) is 12.1 Å². The topological polar surface area (TPSA) is 109 Å². The average Bonchev–Trinajstić information content (AvgIpc) is 2.81. The second-order valence-corrected chi connectivity index (χ2v) is 8.36. The lowest BCUT2D eigenvalue weighted by Crippen LogP contribution is -2.55. The molecule has 5 unspecified atom stereocenters. The lowest BCUT2D eigenvalue weighted by Gasteiger charge is -2.41. The van der Waals surface area contributed by atoms with Gasteiger partial charge in [0.2, 0.25) is 0 Å². The normalized spacial score (nSPS) is 25.1. The fourth-order valence-electron chi connectivity index (χ4n) is 3.90. The summed E-state index contributed by atoms with van der Waals surface area (Å²) in [5.41, 5.74) is 3.04. The fourth-order valence-corrected chi connectivity index (χ4v) is 4.16. The summed E-state index contributed by atoms with van der Waals surface area (Å²) < 4.78 is 16.9. The van der Waals surface area contributed by atoms with Gasteiger partial charge in [-0.2, -0.15) is 0 Å². The van der Waals surface area contributed by atoms with Gasteiger partial charge in [0.1, 0.15) is 36.3 Å². The van der Waals surface area contributed by atoms with Gasteiger partial charge in [0, 0.05) is 5.02 Å². The largest absolute Gasteiger partial charge is 0.494 e. The number of aliphatic hydroxyl groups is 4. The predicted octanol–water partition coefficient (Wildman–Crippen LogP) is 2.55. The van der Waals surface area contributed by atoms with Crippen LogP contribution >= 0.6 is 11.6 Å². The monoisotopic (exact) mass is 478 g/mol. The van der Waals surface area contributed by atoms with E-state index in [4.69, 9.17) is 25.8 Å². The molecule has 0 saturated carbocycles. The molecule has 2 aromatic rings. The lowest BCUT2D eigenvalue weighted by molar-refractivity contribution is -0.232. The number of hydrogen-bond acceptors (Lipinski definition) is 7. The number of rotatable bonds is 10. The van der Waals surface area contributed by atoms with Gasteiger partial charge in [-0.15, -0.1) is 6.58 Å². The fraction of sp³-hybridized carbons (Fsp3) is 0.440. The van der Waals surface area contributed by atoms with Gasteiger partial charge < -0.3 is 34.6 Å². The van der Waals surface area contributed by atoms with Crippen LogP contribution in [0.5, 0.6) is 5.75 Å². The Morgan fingerprint density at radius 3 is 2.42 bits per heavy atom. The van der Waals surface area contributed by atoms with Gasteiger partial charge in [0.25, 0.3) is 0 Å². The van der Waals surface area contributed by atoms with Crippen molar-refractivity contribution in [1.82, 2.24) is 0 Å². The van der Waals surface area contributed by atoms with Crippen LogP contribution in [0.1, 0.15) is 35.3 Å². The Hall–Kier alpha value is -1.97. The van der Waals surface area contributed by atoms with Crippen molar-refractivity contribution >= 4 is 11.6 Å². The smallest absolute Gasteiger partial charge is 0.119 e. The van der Waals surface area contributed by atoms with Crippen LogP contribution in [-0.2, 0) is 22.5 Å². The van der Waals surface area contributed by atoms with Crippen molar-refractivity contribution in [3.05, 3.63) is 76.3 Å². The summed E-state index contributed by atoms with van der Waals surface area (Å²) in [7, 11) is 0. The van der Waals surface area contributed by atoms with Crippen molar-refractivity contribution in [3.63, 3.8) is 0 Å².